The van der Waals surface area contributed by atoms with Crippen LogP contribution in [0.1, 0.15) is 39.0 Å². The highest BCUT2D eigenvalue weighted by molar-refractivity contribution is 6.10. The summed E-state index contributed by atoms with van der Waals surface area (Å²) in [7, 11) is 0. The van der Waals surface area contributed by atoms with Crippen molar-refractivity contribution in [1.29, 1.82) is 0 Å². The van der Waals surface area contributed by atoms with E-state index in [9.17, 15) is 0 Å². The van der Waals surface area contributed by atoms with E-state index in [2.05, 4.69) is 120 Å². The molecular weight excluding hydrogens is 500 g/mol. The summed E-state index contributed by atoms with van der Waals surface area (Å²) in [5.74, 6) is 1.57. The third kappa shape index (κ3) is 3.75. The Morgan fingerprint density at radius 1 is 0.585 bits per heavy atom. The van der Waals surface area contributed by atoms with Gasteiger partial charge in [0.05, 0.1) is 16.9 Å². The Kier molecular flexibility index (Phi) is 5.86. The molecule has 0 bridgehead atoms. The van der Waals surface area contributed by atoms with Crippen molar-refractivity contribution in [2.75, 3.05) is 0 Å². The van der Waals surface area contributed by atoms with Crippen molar-refractivity contribution < 1.29 is 0 Å². The van der Waals surface area contributed by atoms with Gasteiger partial charge in [-0.15, -0.1) is 0 Å². The first-order chi connectivity index (χ1) is 20.1. The van der Waals surface area contributed by atoms with E-state index < -0.39 is 0 Å². The van der Waals surface area contributed by atoms with E-state index in [1.54, 1.807) is 0 Å². The van der Waals surface area contributed by atoms with Gasteiger partial charge in [0.1, 0.15) is 11.5 Å². The summed E-state index contributed by atoms with van der Waals surface area (Å²) in [5.41, 5.74) is 9.02. The van der Waals surface area contributed by atoms with Crippen LogP contribution in [0.4, 0.5) is 0 Å². The molecular formula is C37H32N4. The average molecular weight is 533 g/mol. The Labute approximate surface area is 240 Å². The molecule has 0 saturated carbocycles. The summed E-state index contributed by atoms with van der Waals surface area (Å²) >= 11 is 0. The van der Waals surface area contributed by atoms with Gasteiger partial charge in [0.2, 0.25) is 0 Å². The van der Waals surface area contributed by atoms with Crippen LogP contribution < -0.4 is 0 Å². The molecule has 0 unspecified atom stereocenters. The lowest BCUT2D eigenvalue weighted by Gasteiger charge is -2.18. The maximum absolute atomic E-state index is 5.21. The van der Waals surface area contributed by atoms with E-state index in [1.807, 2.05) is 38.1 Å². The first-order valence-corrected chi connectivity index (χ1v) is 14.4. The van der Waals surface area contributed by atoms with E-state index in [-0.39, 0.29) is 5.41 Å². The number of para-hydroxylation sites is 2. The maximum Gasteiger partial charge on any atom is 0.162 e. The van der Waals surface area contributed by atoms with E-state index in [0.717, 1.165) is 33.8 Å². The average Bonchev–Trinajstić information content (AvgIpc) is 3.65. The monoisotopic (exact) mass is 532 g/mol. The summed E-state index contributed by atoms with van der Waals surface area (Å²) < 4.78 is 4.77. The fourth-order valence-electron chi connectivity index (χ4n) is 6.22. The van der Waals surface area contributed by atoms with Crippen LogP contribution in [0.5, 0.6) is 0 Å². The smallest absolute Gasteiger partial charge is 0.162 e. The Bertz CT molecular complexity index is 1970. The van der Waals surface area contributed by atoms with Gasteiger partial charge in [-0.25, -0.2) is 9.97 Å². The highest BCUT2D eigenvalue weighted by Gasteiger charge is 2.38. The van der Waals surface area contributed by atoms with Crippen LogP contribution in [0, 0.1) is 0 Å². The SMILES string of the molecule is CC.CC1(C)c2ccccc2-n2c1cc1c3ccccc3n(-c3cc(-c4ccccc4)nc(-c4ccccc4)n3)c12. The first kappa shape index (κ1) is 25.0. The molecule has 200 valence electrons. The van der Waals surface area contributed by atoms with Gasteiger partial charge in [0.15, 0.2) is 5.82 Å². The lowest BCUT2D eigenvalue weighted by atomic mass is 9.83. The Hall–Kier alpha value is -4.96. The molecule has 0 N–H and O–H groups in total. The number of benzene rings is 4. The van der Waals surface area contributed by atoms with Crippen molar-refractivity contribution in [1.82, 2.24) is 19.1 Å². The van der Waals surface area contributed by atoms with Crippen LogP contribution in [-0.4, -0.2) is 19.1 Å². The predicted octanol–water partition coefficient (Wildman–Crippen LogP) is 9.36. The zero-order valence-corrected chi connectivity index (χ0v) is 23.8. The third-order valence-electron chi connectivity index (χ3n) is 8.12. The number of hydrogen-bond donors (Lipinski definition) is 0. The number of hydrogen-bond acceptors (Lipinski definition) is 2. The first-order valence-electron chi connectivity index (χ1n) is 14.4. The summed E-state index contributed by atoms with van der Waals surface area (Å²) in [6.07, 6.45) is 0. The fraction of sp³-hybridized carbons (Fsp3) is 0.135. The molecule has 8 rings (SSSR count). The van der Waals surface area contributed by atoms with Crippen LogP contribution in [0.3, 0.4) is 0 Å². The van der Waals surface area contributed by atoms with Gasteiger partial charge in [-0.05, 0) is 23.8 Å². The molecule has 0 radical (unpaired) electrons. The zero-order valence-electron chi connectivity index (χ0n) is 23.8. The molecule has 7 aromatic rings. The highest BCUT2D eigenvalue weighted by atomic mass is 15.2. The minimum Gasteiger partial charge on any atom is -0.298 e. The van der Waals surface area contributed by atoms with E-state index in [0.29, 0.717) is 5.82 Å². The highest BCUT2D eigenvalue weighted by Crippen LogP contribution is 2.48. The van der Waals surface area contributed by atoms with Gasteiger partial charge in [0.25, 0.3) is 0 Å². The van der Waals surface area contributed by atoms with E-state index in [1.165, 1.54) is 27.7 Å². The Balaban J connectivity index is 0.00000135. The molecule has 0 fully saturated rings. The lowest BCUT2D eigenvalue weighted by Crippen LogP contribution is -2.15. The summed E-state index contributed by atoms with van der Waals surface area (Å²) in [5, 5.41) is 2.47. The number of fused-ring (bicyclic) bond motifs is 7. The van der Waals surface area contributed by atoms with Crippen molar-refractivity contribution in [2.24, 2.45) is 0 Å². The molecule has 0 spiro atoms. The minimum absolute atomic E-state index is 0.0996. The molecule has 1 aliphatic rings. The van der Waals surface area contributed by atoms with E-state index in [4.69, 9.17) is 9.97 Å². The molecule has 41 heavy (non-hydrogen) atoms. The largest absolute Gasteiger partial charge is 0.298 e. The standard InChI is InChI=1S/C35H26N4.C2H6/c1-35(2)27-18-10-12-20-30(27)38-31(35)21-26-25-17-9-11-19-29(25)39(34(26)38)32-22-28(23-13-5-3-6-14-23)36-33(37-32)24-15-7-4-8-16-24;1-2/h3-22H,1-2H3;1-2H3. The molecule has 4 heterocycles. The number of rotatable bonds is 3. The second kappa shape index (κ2) is 9.60. The molecule has 3 aromatic heterocycles. The topological polar surface area (TPSA) is 35.6 Å². The van der Waals surface area contributed by atoms with Gasteiger partial charge in [0, 0.05) is 39.1 Å². The van der Waals surface area contributed by atoms with Crippen LogP contribution in [-0.2, 0) is 5.41 Å². The van der Waals surface area contributed by atoms with Gasteiger partial charge in [-0.3, -0.25) is 9.13 Å². The summed E-state index contributed by atoms with van der Waals surface area (Å²) in [6, 6.07) is 42.5. The van der Waals surface area contributed by atoms with Crippen LogP contribution in [0.2, 0.25) is 0 Å². The minimum atomic E-state index is -0.0996. The molecule has 0 amide bonds. The van der Waals surface area contributed by atoms with Crippen molar-refractivity contribution in [3.05, 3.63) is 133 Å². The molecule has 4 nitrogen and oxygen atoms in total. The van der Waals surface area contributed by atoms with Crippen molar-refractivity contribution in [3.8, 4) is 34.2 Å². The van der Waals surface area contributed by atoms with Gasteiger partial charge >= 0.3 is 0 Å². The Morgan fingerprint density at radius 3 is 1.98 bits per heavy atom. The zero-order chi connectivity index (χ0) is 28.1. The van der Waals surface area contributed by atoms with Crippen LogP contribution in [0.15, 0.2) is 121 Å². The number of aromatic nitrogens is 4. The quantitative estimate of drug-likeness (QED) is 0.227. The molecule has 4 heteroatoms. The lowest BCUT2D eigenvalue weighted by molar-refractivity contribution is 0.644. The van der Waals surface area contributed by atoms with Crippen molar-refractivity contribution in [3.63, 3.8) is 0 Å². The molecule has 1 aliphatic heterocycles. The summed E-state index contributed by atoms with van der Waals surface area (Å²) in [6.45, 7) is 8.64. The van der Waals surface area contributed by atoms with Gasteiger partial charge in [-0.1, -0.05) is 125 Å². The fourth-order valence-corrected chi connectivity index (χ4v) is 6.22. The maximum atomic E-state index is 5.21. The molecule has 0 saturated heterocycles. The van der Waals surface area contributed by atoms with Crippen LogP contribution in [0.25, 0.3) is 56.1 Å². The van der Waals surface area contributed by atoms with Crippen molar-refractivity contribution >= 4 is 21.9 Å². The normalized spacial score (nSPS) is 13.1. The Morgan fingerprint density at radius 2 is 1.22 bits per heavy atom. The molecule has 0 atom stereocenters. The number of nitrogens with zero attached hydrogens (tertiary/aromatic N) is 4. The molecule has 4 aromatic carbocycles. The van der Waals surface area contributed by atoms with Crippen LogP contribution >= 0.6 is 0 Å². The second-order valence-electron chi connectivity index (χ2n) is 10.8. The van der Waals surface area contributed by atoms with Gasteiger partial charge < -0.3 is 0 Å². The van der Waals surface area contributed by atoms with Gasteiger partial charge in [-0.2, -0.15) is 0 Å². The second-order valence-corrected chi connectivity index (χ2v) is 10.8. The van der Waals surface area contributed by atoms with E-state index >= 15 is 0 Å². The molecule has 0 aliphatic carbocycles. The predicted molar refractivity (Wildman–Crippen MR) is 170 cm³/mol. The summed E-state index contributed by atoms with van der Waals surface area (Å²) in [4.78, 5) is 10.2. The third-order valence-corrected chi connectivity index (χ3v) is 8.12. The van der Waals surface area contributed by atoms with Crippen molar-refractivity contribution in [2.45, 2.75) is 33.1 Å².